The van der Waals surface area contributed by atoms with Gasteiger partial charge in [-0.05, 0) is 42.7 Å². The first-order chi connectivity index (χ1) is 14.4. The lowest BCUT2D eigenvalue weighted by atomic mass is 10.0. The number of nitrogens with one attached hydrogen (secondary N) is 1. The average molecular weight is 423 g/mol. The summed E-state index contributed by atoms with van der Waals surface area (Å²) in [5.41, 5.74) is 2.58. The maximum absolute atomic E-state index is 13.3. The van der Waals surface area contributed by atoms with Crippen LogP contribution in [0.5, 0.6) is 0 Å². The topological polar surface area (TPSA) is 66.5 Å². The zero-order chi connectivity index (χ0) is 21.6. The van der Waals surface area contributed by atoms with Gasteiger partial charge in [0.05, 0.1) is 10.6 Å². The number of nitrogens with zero attached hydrogens (tertiary/aromatic N) is 1. The summed E-state index contributed by atoms with van der Waals surface area (Å²) in [5.74, 6) is -0.230. The molecule has 0 spiro atoms. The highest BCUT2D eigenvalue weighted by molar-refractivity contribution is 7.92. The van der Waals surface area contributed by atoms with E-state index in [-0.39, 0.29) is 23.3 Å². The number of rotatable bonds is 8. The second-order valence-electron chi connectivity index (χ2n) is 7.28. The fraction of sp³-hybridized carbons (Fsp3) is 0.208. The molecule has 0 aliphatic carbocycles. The van der Waals surface area contributed by atoms with Crippen molar-refractivity contribution < 1.29 is 13.2 Å². The van der Waals surface area contributed by atoms with Gasteiger partial charge in [-0.15, -0.1) is 0 Å². The lowest BCUT2D eigenvalue weighted by Crippen LogP contribution is -2.41. The Morgan fingerprint density at radius 2 is 1.47 bits per heavy atom. The first-order valence-corrected chi connectivity index (χ1v) is 11.3. The third-order valence-electron chi connectivity index (χ3n) is 4.91. The van der Waals surface area contributed by atoms with Crippen molar-refractivity contribution in [2.24, 2.45) is 0 Å². The van der Waals surface area contributed by atoms with Crippen molar-refractivity contribution in [2.45, 2.75) is 24.7 Å². The van der Waals surface area contributed by atoms with Crippen molar-refractivity contribution >= 4 is 21.6 Å². The first-order valence-electron chi connectivity index (χ1n) is 9.84. The molecule has 5 nitrogen and oxygen atoms in total. The van der Waals surface area contributed by atoms with Gasteiger partial charge in [0, 0.05) is 6.54 Å². The molecule has 0 radical (unpaired) electrons. The molecule has 0 saturated carbocycles. The van der Waals surface area contributed by atoms with E-state index >= 15 is 0 Å². The van der Waals surface area contributed by atoms with Crippen LogP contribution < -0.4 is 9.62 Å². The van der Waals surface area contributed by atoms with Crippen LogP contribution in [0.25, 0.3) is 0 Å². The predicted octanol–water partition coefficient (Wildman–Crippen LogP) is 4.11. The Morgan fingerprint density at radius 3 is 2.07 bits per heavy atom. The van der Waals surface area contributed by atoms with Crippen LogP contribution in [-0.4, -0.2) is 27.4 Å². The monoisotopic (exact) mass is 422 g/mol. The van der Waals surface area contributed by atoms with Gasteiger partial charge < -0.3 is 5.32 Å². The SMILES string of the molecule is Cc1ccc(N(CC(=O)NC[C@@H](C)c2ccccc2)S(=O)(=O)c2ccccc2)cc1. The number of anilines is 1. The summed E-state index contributed by atoms with van der Waals surface area (Å²) in [5, 5.41) is 2.87. The van der Waals surface area contributed by atoms with Gasteiger partial charge in [0.2, 0.25) is 5.91 Å². The minimum Gasteiger partial charge on any atom is -0.354 e. The average Bonchev–Trinajstić information content (AvgIpc) is 2.77. The number of carbonyl (C=O) groups is 1. The minimum atomic E-state index is -3.88. The Morgan fingerprint density at radius 1 is 0.900 bits per heavy atom. The van der Waals surface area contributed by atoms with Crippen molar-refractivity contribution in [3.05, 3.63) is 96.1 Å². The van der Waals surface area contributed by atoms with Crippen LogP contribution in [-0.2, 0) is 14.8 Å². The van der Waals surface area contributed by atoms with Gasteiger partial charge in [-0.25, -0.2) is 8.42 Å². The van der Waals surface area contributed by atoms with Crippen molar-refractivity contribution in [3.63, 3.8) is 0 Å². The van der Waals surface area contributed by atoms with E-state index in [1.54, 1.807) is 30.3 Å². The summed E-state index contributed by atoms with van der Waals surface area (Å²) in [7, 11) is -3.88. The summed E-state index contributed by atoms with van der Waals surface area (Å²) in [6.07, 6.45) is 0. The summed E-state index contributed by atoms with van der Waals surface area (Å²) in [6, 6.07) is 25.1. The van der Waals surface area contributed by atoms with E-state index in [0.29, 0.717) is 12.2 Å². The molecule has 1 amide bonds. The van der Waals surface area contributed by atoms with Gasteiger partial charge in [0.15, 0.2) is 0 Å². The van der Waals surface area contributed by atoms with Crippen LogP contribution in [0.3, 0.4) is 0 Å². The molecule has 0 heterocycles. The second kappa shape index (κ2) is 9.59. The summed E-state index contributed by atoms with van der Waals surface area (Å²) in [4.78, 5) is 12.8. The van der Waals surface area contributed by atoms with Crippen LogP contribution in [0.1, 0.15) is 24.0 Å². The van der Waals surface area contributed by atoms with E-state index < -0.39 is 10.0 Å². The lowest BCUT2D eigenvalue weighted by molar-refractivity contribution is -0.119. The molecule has 30 heavy (non-hydrogen) atoms. The van der Waals surface area contributed by atoms with Gasteiger partial charge in [0.25, 0.3) is 10.0 Å². The molecular formula is C24H26N2O3S. The van der Waals surface area contributed by atoms with Crippen LogP contribution in [0, 0.1) is 6.92 Å². The molecular weight excluding hydrogens is 396 g/mol. The molecule has 156 valence electrons. The molecule has 3 aromatic carbocycles. The molecule has 3 aromatic rings. The fourth-order valence-corrected chi connectivity index (χ4v) is 4.54. The molecule has 3 rings (SSSR count). The number of carbonyl (C=O) groups excluding carboxylic acids is 1. The van der Waals surface area contributed by atoms with Crippen LogP contribution in [0.4, 0.5) is 5.69 Å². The molecule has 0 aliphatic rings. The molecule has 0 saturated heterocycles. The van der Waals surface area contributed by atoms with Crippen LogP contribution in [0.2, 0.25) is 0 Å². The number of hydrogen-bond acceptors (Lipinski definition) is 3. The number of hydrogen-bond donors (Lipinski definition) is 1. The van der Waals surface area contributed by atoms with E-state index in [0.717, 1.165) is 15.4 Å². The number of benzene rings is 3. The highest BCUT2D eigenvalue weighted by atomic mass is 32.2. The van der Waals surface area contributed by atoms with Crippen LogP contribution in [0.15, 0.2) is 89.8 Å². The highest BCUT2D eigenvalue weighted by Crippen LogP contribution is 2.24. The molecule has 0 unspecified atom stereocenters. The maximum atomic E-state index is 13.3. The van der Waals surface area contributed by atoms with E-state index in [9.17, 15) is 13.2 Å². The fourth-order valence-electron chi connectivity index (χ4n) is 3.10. The zero-order valence-corrected chi connectivity index (χ0v) is 18.0. The van der Waals surface area contributed by atoms with Gasteiger partial charge in [-0.2, -0.15) is 0 Å². The lowest BCUT2D eigenvalue weighted by Gasteiger charge is -2.24. The van der Waals surface area contributed by atoms with Crippen molar-refractivity contribution in [2.75, 3.05) is 17.4 Å². The number of amides is 1. The standard InChI is InChI=1S/C24H26N2O3S/c1-19-13-15-22(16-14-19)26(30(28,29)23-11-7-4-8-12-23)18-24(27)25-17-20(2)21-9-5-3-6-10-21/h3-16,20H,17-18H2,1-2H3,(H,25,27)/t20-/m1/s1. The molecule has 0 bridgehead atoms. The van der Waals surface area contributed by atoms with Crippen LogP contribution >= 0.6 is 0 Å². The Hall–Kier alpha value is -3.12. The summed E-state index contributed by atoms with van der Waals surface area (Å²) < 4.78 is 27.7. The van der Waals surface area contributed by atoms with Crippen molar-refractivity contribution in [1.29, 1.82) is 0 Å². The Bertz CT molecular complexity index is 1070. The Balaban J connectivity index is 1.79. The second-order valence-corrected chi connectivity index (χ2v) is 9.14. The van der Waals surface area contributed by atoms with E-state index in [2.05, 4.69) is 5.32 Å². The van der Waals surface area contributed by atoms with E-state index in [4.69, 9.17) is 0 Å². The summed E-state index contributed by atoms with van der Waals surface area (Å²) >= 11 is 0. The van der Waals surface area contributed by atoms with Crippen molar-refractivity contribution in [1.82, 2.24) is 5.32 Å². The first kappa shape index (κ1) is 21.6. The van der Waals surface area contributed by atoms with Gasteiger partial charge >= 0.3 is 0 Å². The molecule has 0 aliphatic heterocycles. The Kier molecular flexibility index (Phi) is 6.90. The third-order valence-corrected chi connectivity index (χ3v) is 6.70. The summed E-state index contributed by atoms with van der Waals surface area (Å²) in [6.45, 7) is 4.09. The van der Waals surface area contributed by atoms with Gasteiger partial charge in [-0.3, -0.25) is 9.10 Å². The minimum absolute atomic E-state index is 0.119. The quantitative estimate of drug-likeness (QED) is 0.594. The number of sulfonamides is 1. The highest BCUT2D eigenvalue weighted by Gasteiger charge is 2.27. The molecule has 1 atom stereocenters. The molecule has 6 heteroatoms. The largest absolute Gasteiger partial charge is 0.354 e. The molecule has 0 fully saturated rings. The van der Waals surface area contributed by atoms with Crippen molar-refractivity contribution in [3.8, 4) is 0 Å². The molecule has 1 N–H and O–H groups in total. The van der Waals surface area contributed by atoms with E-state index in [1.165, 1.54) is 12.1 Å². The Labute approximate surface area is 178 Å². The predicted molar refractivity (Wildman–Crippen MR) is 120 cm³/mol. The third kappa shape index (κ3) is 5.27. The zero-order valence-electron chi connectivity index (χ0n) is 17.2. The van der Waals surface area contributed by atoms with E-state index in [1.807, 2.05) is 56.3 Å². The number of aryl methyl sites for hydroxylation is 1. The van der Waals surface area contributed by atoms with Gasteiger partial charge in [-0.1, -0.05) is 73.2 Å². The normalized spacial score (nSPS) is 12.2. The van der Waals surface area contributed by atoms with Gasteiger partial charge in [0.1, 0.15) is 6.54 Å². The molecule has 0 aromatic heterocycles. The smallest absolute Gasteiger partial charge is 0.264 e. The maximum Gasteiger partial charge on any atom is 0.264 e.